The number of fused-ring (bicyclic) bond motifs is 1. The summed E-state index contributed by atoms with van der Waals surface area (Å²) < 4.78 is 2.02. The summed E-state index contributed by atoms with van der Waals surface area (Å²) in [7, 11) is 3.57. The third-order valence-corrected chi connectivity index (χ3v) is 3.52. The predicted molar refractivity (Wildman–Crippen MR) is 87.2 cm³/mol. The predicted octanol–water partition coefficient (Wildman–Crippen LogP) is 2.48. The lowest BCUT2D eigenvalue weighted by Gasteiger charge is -2.12. The van der Waals surface area contributed by atoms with E-state index in [1.54, 1.807) is 19.0 Å². The molecule has 0 radical (unpaired) electrons. The lowest BCUT2D eigenvalue weighted by Crippen LogP contribution is -2.25. The van der Waals surface area contributed by atoms with Gasteiger partial charge >= 0.3 is 0 Å². The highest BCUT2D eigenvalue weighted by Crippen LogP contribution is 2.18. The number of aromatic nitrogens is 1. The lowest BCUT2D eigenvalue weighted by molar-refractivity contribution is -0.129. The summed E-state index contributed by atoms with van der Waals surface area (Å²) in [5.41, 5.74) is 2.37. The van der Waals surface area contributed by atoms with Gasteiger partial charge in [0.05, 0.1) is 0 Å². The van der Waals surface area contributed by atoms with E-state index in [0.29, 0.717) is 12.5 Å². The van der Waals surface area contributed by atoms with E-state index in [2.05, 4.69) is 43.4 Å². The lowest BCUT2D eigenvalue weighted by atomic mass is 10.1. The van der Waals surface area contributed by atoms with E-state index in [0.717, 1.165) is 18.6 Å². The summed E-state index contributed by atoms with van der Waals surface area (Å²) in [6, 6.07) is 8.50. The number of nitrogens with zero attached hydrogens (tertiary/aromatic N) is 2. The first kappa shape index (κ1) is 15.6. The van der Waals surface area contributed by atoms with Crippen molar-refractivity contribution < 1.29 is 4.79 Å². The van der Waals surface area contributed by atoms with Gasteiger partial charge in [0.1, 0.15) is 6.54 Å². The second kappa shape index (κ2) is 6.76. The molecule has 0 aliphatic carbocycles. The molecule has 0 aliphatic rings. The van der Waals surface area contributed by atoms with E-state index in [1.807, 2.05) is 10.8 Å². The van der Waals surface area contributed by atoms with Crippen LogP contribution >= 0.6 is 0 Å². The number of likely N-dealkylation sites (N-methyl/N-ethyl adjacent to an activating group) is 1. The van der Waals surface area contributed by atoms with Gasteiger partial charge in [-0.1, -0.05) is 26.0 Å². The van der Waals surface area contributed by atoms with E-state index >= 15 is 0 Å². The first-order valence-electron chi connectivity index (χ1n) is 7.46. The Morgan fingerprint density at radius 2 is 2.05 bits per heavy atom. The SMILES string of the molecule is CC(C)CNCc1ccc2ccn(CC(=O)N(C)C)c2c1. The monoisotopic (exact) mass is 287 g/mol. The molecule has 0 saturated carbocycles. The molecular weight excluding hydrogens is 262 g/mol. The minimum Gasteiger partial charge on any atom is -0.347 e. The molecule has 0 unspecified atom stereocenters. The molecule has 1 N–H and O–H groups in total. The fourth-order valence-electron chi connectivity index (χ4n) is 2.27. The van der Waals surface area contributed by atoms with Crippen LogP contribution in [0.2, 0.25) is 0 Å². The summed E-state index contributed by atoms with van der Waals surface area (Å²) in [5, 5.41) is 4.63. The van der Waals surface area contributed by atoms with Crippen LogP contribution in [0.25, 0.3) is 10.9 Å². The molecule has 0 bridgehead atoms. The van der Waals surface area contributed by atoms with Crippen molar-refractivity contribution in [2.75, 3.05) is 20.6 Å². The van der Waals surface area contributed by atoms with Gasteiger partial charge in [-0.15, -0.1) is 0 Å². The molecule has 1 amide bonds. The van der Waals surface area contributed by atoms with Gasteiger partial charge in [0, 0.05) is 32.4 Å². The normalized spacial score (nSPS) is 11.3. The molecule has 4 heteroatoms. The second-order valence-corrected chi connectivity index (χ2v) is 6.15. The molecule has 0 fully saturated rings. The number of amides is 1. The van der Waals surface area contributed by atoms with E-state index < -0.39 is 0 Å². The minimum absolute atomic E-state index is 0.107. The maximum Gasteiger partial charge on any atom is 0.241 e. The molecule has 2 rings (SSSR count). The van der Waals surface area contributed by atoms with Crippen LogP contribution in [0.5, 0.6) is 0 Å². The maximum atomic E-state index is 11.9. The Labute approximate surface area is 126 Å². The smallest absolute Gasteiger partial charge is 0.241 e. The largest absolute Gasteiger partial charge is 0.347 e. The van der Waals surface area contributed by atoms with Gasteiger partial charge in [-0.3, -0.25) is 4.79 Å². The fourth-order valence-corrected chi connectivity index (χ4v) is 2.27. The molecule has 0 aliphatic heterocycles. The Bertz CT molecular complexity index is 614. The maximum absolute atomic E-state index is 11.9. The van der Waals surface area contributed by atoms with Crippen LogP contribution in [0.15, 0.2) is 30.5 Å². The second-order valence-electron chi connectivity index (χ2n) is 6.15. The highest BCUT2D eigenvalue weighted by Gasteiger charge is 2.08. The van der Waals surface area contributed by atoms with Gasteiger partial charge in [-0.25, -0.2) is 0 Å². The standard InChI is InChI=1S/C17H25N3O/c1-13(2)10-18-11-14-5-6-15-7-8-20(16(15)9-14)12-17(21)19(3)4/h5-9,13,18H,10-12H2,1-4H3. The molecule has 114 valence electrons. The molecule has 0 spiro atoms. The van der Waals surface area contributed by atoms with Crippen LogP contribution in [-0.2, 0) is 17.9 Å². The molecule has 0 atom stereocenters. The van der Waals surface area contributed by atoms with Crippen molar-refractivity contribution in [2.45, 2.75) is 26.9 Å². The number of hydrogen-bond acceptors (Lipinski definition) is 2. The van der Waals surface area contributed by atoms with Gasteiger partial charge in [0.25, 0.3) is 0 Å². The molecule has 4 nitrogen and oxygen atoms in total. The van der Waals surface area contributed by atoms with Gasteiger partial charge < -0.3 is 14.8 Å². The Kier molecular flexibility index (Phi) is 5.02. The van der Waals surface area contributed by atoms with E-state index in [9.17, 15) is 4.79 Å². The van der Waals surface area contributed by atoms with Crippen LogP contribution in [0.1, 0.15) is 19.4 Å². The highest BCUT2D eigenvalue weighted by atomic mass is 16.2. The van der Waals surface area contributed by atoms with Crippen LogP contribution in [0.4, 0.5) is 0 Å². The zero-order valence-corrected chi connectivity index (χ0v) is 13.4. The Balaban J connectivity index is 2.14. The summed E-state index contributed by atoms with van der Waals surface area (Å²) >= 11 is 0. The van der Waals surface area contributed by atoms with Gasteiger partial charge in [-0.2, -0.15) is 0 Å². The van der Waals surface area contributed by atoms with Crippen molar-refractivity contribution in [2.24, 2.45) is 5.92 Å². The van der Waals surface area contributed by atoms with Crippen molar-refractivity contribution in [3.63, 3.8) is 0 Å². The third kappa shape index (κ3) is 4.08. The average Bonchev–Trinajstić information content (AvgIpc) is 2.81. The molecule has 1 heterocycles. The summed E-state index contributed by atoms with van der Waals surface area (Å²) in [4.78, 5) is 13.5. The van der Waals surface area contributed by atoms with Gasteiger partial charge in [-0.05, 0) is 35.5 Å². The van der Waals surface area contributed by atoms with Crippen molar-refractivity contribution in [1.29, 1.82) is 0 Å². The van der Waals surface area contributed by atoms with Crippen molar-refractivity contribution in [3.8, 4) is 0 Å². The number of hydrogen-bond donors (Lipinski definition) is 1. The zero-order chi connectivity index (χ0) is 15.4. The summed E-state index contributed by atoms with van der Waals surface area (Å²) in [5.74, 6) is 0.756. The molecule has 21 heavy (non-hydrogen) atoms. The number of carbonyl (C=O) groups excluding carboxylic acids is 1. The van der Waals surface area contributed by atoms with Gasteiger partial charge in [0.2, 0.25) is 5.91 Å². The number of carbonyl (C=O) groups is 1. The molecule has 2 aromatic rings. The average molecular weight is 287 g/mol. The minimum atomic E-state index is 0.107. The van der Waals surface area contributed by atoms with Crippen LogP contribution in [0.3, 0.4) is 0 Å². The number of nitrogens with one attached hydrogen (secondary N) is 1. The van der Waals surface area contributed by atoms with E-state index in [-0.39, 0.29) is 5.91 Å². The topological polar surface area (TPSA) is 37.3 Å². The highest BCUT2D eigenvalue weighted by molar-refractivity contribution is 5.83. The quantitative estimate of drug-likeness (QED) is 0.886. The van der Waals surface area contributed by atoms with Gasteiger partial charge in [0.15, 0.2) is 0 Å². The van der Waals surface area contributed by atoms with E-state index in [4.69, 9.17) is 0 Å². The summed E-state index contributed by atoms with van der Waals surface area (Å²) in [6.45, 7) is 6.67. The summed E-state index contributed by atoms with van der Waals surface area (Å²) in [6.07, 6.45) is 1.98. The van der Waals surface area contributed by atoms with Crippen LogP contribution < -0.4 is 5.32 Å². The van der Waals surface area contributed by atoms with Crippen LogP contribution in [0, 0.1) is 5.92 Å². The van der Waals surface area contributed by atoms with E-state index in [1.165, 1.54) is 10.9 Å². The molecule has 1 aromatic carbocycles. The van der Waals surface area contributed by atoms with Crippen LogP contribution in [-0.4, -0.2) is 36.0 Å². The fraction of sp³-hybridized carbons (Fsp3) is 0.471. The number of rotatable bonds is 6. The van der Waals surface area contributed by atoms with Crippen molar-refractivity contribution in [3.05, 3.63) is 36.0 Å². The first-order chi connectivity index (χ1) is 9.97. The number of benzene rings is 1. The Hall–Kier alpha value is -1.81. The van der Waals surface area contributed by atoms with Crippen molar-refractivity contribution >= 4 is 16.8 Å². The molecular formula is C17H25N3O. The Morgan fingerprint density at radius 1 is 1.29 bits per heavy atom. The van der Waals surface area contributed by atoms with Crippen molar-refractivity contribution in [1.82, 2.24) is 14.8 Å². The third-order valence-electron chi connectivity index (χ3n) is 3.52. The molecule has 0 saturated heterocycles. The Morgan fingerprint density at radius 3 is 2.71 bits per heavy atom. The molecule has 1 aromatic heterocycles. The first-order valence-corrected chi connectivity index (χ1v) is 7.46. The zero-order valence-electron chi connectivity index (χ0n) is 13.4.